The number of rotatable bonds is 8. The van der Waals surface area contributed by atoms with E-state index in [0.29, 0.717) is 24.5 Å². The smallest absolute Gasteiger partial charge is 0.206 e. The van der Waals surface area contributed by atoms with E-state index in [-0.39, 0.29) is 20.6 Å². The van der Waals surface area contributed by atoms with Crippen molar-refractivity contribution in [3.05, 3.63) is 87.9 Å². The van der Waals surface area contributed by atoms with Crippen LogP contribution in [0.2, 0.25) is 10.0 Å². The number of nitrogens with one attached hydrogen (secondary N) is 1. The maximum Gasteiger partial charge on any atom is 0.206 e. The summed E-state index contributed by atoms with van der Waals surface area (Å²) in [5.74, 6) is -0.168. The largest absolute Gasteiger partial charge is 0.506 e. The van der Waals surface area contributed by atoms with Gasteiger partial charge in [0.15, 0.2) is 0 Å². The SMILES string of the molecule is O=S(=O)(c1ccc(CCNC[C@H](O)c2cccc(Cl)c2)cc1)c1ccc(O)c(Cl)c1. The summed E-state index contributed by atoms with van der Waals surface area (Å²) in [6, 6.07) is 17.5. The van der Waals surface area contributed by atoms with E-state index in [1.807, 2.05) is 6.07 Å². The molecule has 30 heavy (non-hydrogen) atoms. The molecule has 0 amide bonds. The van der Waals surface area contributed by atoms with Crippen LogP contribution >= 0.6 is 23.2 Å². The molecule has 0 unspecified atom stereocenters. The summed E-state index contributed by atoms with van der Waals surface area (Å²) in [6.45, 7) is 1.01. The van der Waals surface area contributed by atoms with Gasteiger partial charge in [0, 0.05) is 11.6 Å². The van der Waals surface area contributed by atoms with Crippen LogP contribution in [0.4, 0.5) is 0 Å². The highest BCUT2D eigenvalue weighted by molar-refractivity contribution is 7.91. The molecule has 5 nitrogen and oxygen atoms in total. The predicted octanol–water partition coefficient (Wildman–Crippen LogP) is 4.40. The van der Waals surface area contributed by atoms with Gasteiger partial charge < -0.3 is 15.5 Å². The van der Waals surface area contributed by atoms with E-state index in [1.54, 1.807) is 42.5 Å². The van der Waals surface area contributed by atoms with E-state index in [0.717, 1.165) is 11.1 Å². The van der Waals surface area contributed by atoms with Gasteiger partial charge in [0.2, 0.25) is 9.84 Å². The van der Waals surface area contributed by atoms with Gasteiger partial charge in [-0.05, 0) is 66.6 Å². The molecule has 3 aromatic rings. The highest BCUT2D eigenvalue weighted by Crippen LogP contribution is 2.29. The number of aliphatic hydroxyl groups excluding tert-OH is 1. The molecule has 0 aliphatic rings. The topological polar surface area (TPSA) is 86.6 Å². The second kappa shape index (κ2) is 9.81. The van der Waals surface area contributed by atoms with Crippen molar-refractivity contribution in [3.8, 4) is 5.75 Å². The molecule has 0 bridgehead atoms. The fourth-order valence-electron chi connectivity index (χ4n) is 2.93. The third-order valence-electron chi connectivity index (χ3n) is 4.62. The minimum absolute atomic E-state index is 0.0151. The van der Waals surface area contributed by atoms with Crippen LogP contribution in [0.15, 0.2) is 76.5 Å². The van der Waals surface area contributed by atoms with Crippen molar-refractivity contribution in [2.75, 3.05) is 13.1 Å². The van der Waals surface area contributed by atoms with Gasteiger partial charge in [-0.15, -0.1) is 0 Å². The molecule has 0 radical (unpaired) electrons. The van der Waals surface area contributed by atoms with E-state index in [1.165, 1.54) is 18.2 Å². The lowest BCUT2D eigenvalue weighted by Crippen LogP contribution is -2.23. The summed E-state index contributed by atoms with van der Waals surface area (Å²) in [5.41, 5.74) is 1.71. The van der Waals surface area contributed by atoms with Gasteiger partial charge in [-0.2, -0.15) is 0 Å². The van der Waals surface area contributed by atoms with Gasteiger partial charge in [-0.25, -0.2) is 8.42 Å². The molecule has 1 atom stereocenters. The number of sulfone groups is 1. The van der Waals surface area contributed by atoms with E-state index in [4.69, 9.17) is 23.2 Å². The van der Waals surface area contributed by atoms with Crippen LogP contribution in [0.25, 0.3) is 0 Å². The zero-order chi connectivity index (χ0) is 21.7. The molecule has 0 saturated heterocycles. The molecule has 0 aliphatic heterocycles. The minimum Gasteiger partial charge on any atom is -0.506 e. The summed E-state index contributed by atoms with van der Waals surface area (Å²) in [7, 11) is -3.72. The highest BCUT2D eigenvalue weighted by Gasteiger charge is 2.18. The van der Waals surface area contributed by atoms with Gasteiger partial charge in [0.25, 0.3) is 0 Å². The second-order valence-electron chi connectivity index (χ2n) is 6.79. The van der Waals surface area contributed by atoms with Crippen molar-refractivity contribution in [2.45, 2.75) is 22.3 Å². The molecule has 0 spiro atoms. The van der Waals surface area contributed by atoms with Gasteiger partial charge in [-0.3, -0.25) is 0 Å². The van der Waals surface area contributed by atoms with Gasteiger partial charge >= 0.3 is 0 Å². The molecule has 3 aromatic carbocycles. The lowest BCUT2D eigenvalue weighted by molar-refractivity contribution is 0.175. The number of halogens is 2. The molecule has 8 heteroatoms. The maximum atomic E-state index is 12.7. The standard InChI is InChI=1S/C22H21Cl2NO4S/c23-17-3-1-2-16(12-17)22(27)14-25-11-10-15-4-6-18(7-5-15)30(28,29)19-8-9-21(26)20(24)13-19/h1-9,12-13,22,25-27H,10-11,14H2/t22-/m0/s1. The highest BCUT2D eigenvalue weighted by atomic mass is 35.5. The summed E-state index contributed by atoms with van der Waals surface area (Å²) in [6.07, 6.45) is 0.0153. The van der Waals surface area contributed by atoms with Crippen molar-refractivity contribution < 1.29 is 18.6 Å². The maximum absolute atomic E-state index is 12.7. The molecule has 0 fully saturated rings. The summed E-state index contributed by atoms with van der Waals surface area (Å²) < 4.78 is 25.4. The minimum atomic E-state index is -3.72. The van der Waals surface area contributed by atoms with Crippen LogP contribution in [-0.4, -0.2) is 31.7 Å². The Morgan fingerprint density at radius 3 is 2.30 bits per heavy atom. The Hall–Kier alpha value is -2.09. The monoisotopic (exact) mass is 465 g/mol. The number of hydrogen-bond acceptors (Lipinski definition) is 5. The Labute approximate surface area is 185 Å². The number of aromatic hydroxyl groups is 1. The fourth-order valence-corrected chi connectivity index (χ4v) is 4.66. The average molecular weight is 466 g/mol. The first-order chi connectivity index (χ1) is 14.3. The van der Waals surface area contributed by atoms with E-state index >= 15 is 0 Å². The Kier molecular flexibility index (Phi) is 7.39. The molecular weight excluding hydrogens is 445 g/mol. The summed E-state index contributed by atoms with van der Waals surface area (Å²) in [5, 5.41) is 23.4. The van der Waals surface area contributed by atoms with Crippen LogP contribution < -0.4 is 5.32 Å². The molecule has 3 rings (SSSR count). The van der Waals surface area contributed by atoms with E-state index in [2.05, 4.69) is 5.32 Å². The van der Waals surface area contributed by atoms with Crippen LogP contribution in [0.1, 0.15) is 17.2 Å². The first kappa shape index (κ1) is 22.6. The Morgan fingerprint density at radius 1 is 0.933 bits per heavy atom. The van der Waals surface area contributed by atoms with Crippen molar-refractivity contribution in [1.29, 1.82) is 0 Å². The Morgan fingerprint density at radius 2 is 1.63 bits per heavy atom. The normalized spacial score (nSPS) is 12.6. The first-order valence-corrected chi connectivity index (χ1v) is 11.5. The molecule has 0 heterocycles. The molecular formula is C22H21Cl2NO4S. The average Bonchev–Trinajstić information content (AvgIpc) is 2.73. The molecule has 0 aromatic heterocycles. The summed E-state index contributed by atoms with van der Waals surface area (Å²) in [4.78, 5) is 0.173. The van der Waals surface area contributed by atoms with Crippen molar-refractivity contribution in [2.24, 2.45) is 0 Å². The van der Waals surface area contributed by atoms with Crippen LogP contribution in [-0.2, 0) is 16.3 Å². The van der Waals surface area contributed by atoms with Gasteiger partial charge in [-0.1, -0.05) is 47.5 Å². The molecule has 0 aliphatic carbocycles. The summed E-state index contributed by atoms with van der Waals surface area (Å²) >= 11 is 11.8. The number of hydrogen-bond donors (Lipinski definition) is 3. The van der Waals surface area contributed by atoms with Gasteiger partial charge in [0.05, 0.1) is 20.9 Å². The number of benzene rings is 3. The van der Waals surface area contributed by atoms with Crippen LogP contribution in [0.3, 0.4) is 0 Å². The molecule has 3 N–H and O–H groups in total. The Balaban J connectivity index is 1.56. The zero-order valence-electron chi connectivity index (χ0n) is 15.9. The first-order valence-electron chi connectivity index (χ1n) is 9.24. The fraction of sp³-hybridized carbons (Fsp3) is 0.182. The second-order valence-corrected chi connectivity index (χ2v) is 9.58. The van der Waals surface area contributed by atoms with E-state index < -0.39 is 15.9 Å². The molecule has 158 valence electrons. The predicted molar refractivity (Wildman–Crippen MR) is 118 cm³/mol. The Bertz CT molecular complexity index is 1120. The van der Waals surface area contributed by atoms with Crippen molar-refractivity contribution >= 4 is 33.0 Å². The quantitative estimate of drug-likeness (QED) is 0.429. The number of aliphatic hydroxyl groups is 1. The van der Waals surface area contributed by atoms with Crippen molar-refractivity contribution in [1.82, 2.24) is 5.32 Å². The number of phenolic OH excluding ortho intramolecular Hbond substituents is 1. The third-order valence-corrected chi connectivity index (χ3v) is 6.93. The molecule has 0 saturated carbocycles. The number of phenols is 1. The lowest BCUT2D eigenvalue weighted by Gasteiger charge is -2.13. The zero-order valence-corrected chi connectivity index (χ0v) is 18.3. The third kappa shape index (κ3) is 5.53. The lowest BCUT2D eigenvalue weighted by atomic mass is 10.1. The van der Waals surface area contributed by atoms with Gasteiger partial charge in [0.1, 0.15) is 5.75 Å². The van der Waals surface area contributed by atoms with E-state index in [9.17, 15) is 18.6 Å². The van der Waals surface area contributed by atoms with Crippen molar-refractivity contribution in [3.63, 3.8) is 0 Å². The van der Waals surface area contributed by atoms with Crippen LogP contribution in [0.5, 0.6) is 5.75 Å². The van der Waals surface area contributed by atoms with Crippen LogP contribution in [0, 0.1) is 0 Å².